The average Bonchev–Trinajstić information content (AvgIpc) is 3.34. The first kappa shape index (κ1) is 21.1. The summed E-state index contributed by atoms with van der Waals surface area (Å²) in [5.41, 5.74) is 4.43. The van der Waals surface area contributed by atoms with E-state index in [1.165, 1.54) is 11.1 Å². The van der Waals surface area contributed by atoms with Crippen LogP contribution in [0.5, 0.6) is 0 Å². The van der Waals surface area contributed by atoms with E-state index in [-0.39, 0.29) is 12.1 Å². The number of urea groups is 1. The number of nitrogens with one attached hydrogen (secondary N) is 2. The molecular weight excluding hydrogens is 390 g/mol. The maximum absolute atomic E-state index is 12.5. The molecule has 4 rings (SSSR count). The smallest absolute Gasteiger partial charge is 0.315 e. The summed E-state index contributed by atoms with van der Waals surface area (Å²) >= 11 is 0. The number of nitrogens with zero attached hydrogens (tertiary/aromatic N) is 3. The summed E-state index contributed by atoms with van der Waals surface area (Å²) in [6.07, 6.45) is 3.65. The predicted molar refractivity (Wildman–Crippen MR) is 120 cm³/mol. The van der Waals surface area contributed by atoms with Crippen LogP contribution in [-0.2, 0) is 11.3 Å². The van der Waals surface area contributed by atoms with Crippen LogP contribution in [0.2, 0.25) is 0 Å². The minimum atomic E-state index is -0.171. The predicted octanol–water partition coefficient (Wildman–Crippen LogP) is 3.05. The number of carbonyl (C=O) groups is 1. The van der Waals surface area contributed by atoms with Gasteiger partial charge >= 0.3 is 6.03 Å². The van der Waals surface area contributed by atoms with Crippen LogP contribution in [0.1, 0.15) is 22.7 Å². The first-order chi connectivity index (χ1) is 15.2. The fraction of sp³-hybridized carbons (Fsp3) is 0.333. The van der Waals surface area contributed by atoms with Crippen molar-refractivity contribution in [2.75, 3.05) is 32.8 Å². The Labute approximate surface area is 183 Å². The number of benzene rings is 2. The molecule has 1 fully saturated rings. The molecule has 162 valence electrons. The summed E-state index contributed by atoms with van der Waals surface area (Å²) in [5, 5.41) is 10.3. The fourth-order valence-electron chi connectivity index (χ4n) is 3.89. The summed E-state index contributed by atoms with van der Waals surface area (Å²) in [6, 6.07) is 18.3. The summed E-state index contributed by atoms with van der Waals surface area (Å²) in [7, 11) is 0. The average molecular weight is 420 g/mol. The Morgan fingerprint density at radius 3 is 2.71 bits per heavy atom. The first-order valence-corrected chi connectivity index (χ1v) is 10.7. The number of hydrogen-bond donors (Lipinski definition) is 2. The zero-order valence-corrected chi connectivity index (χ0v) is 17.8. The number of amides is 2. The van der Waals surface area contributed by atoms with E-state index in [1.54, 1.807) is 10.9 Å². The molecule has 1 unspecified atom stereocenters. The van der Waals surface area contributed by atoms with E-state index in [2.05, 4.69) is 51.8 Å². The van der Waals surface area contributed by atoms with Crippen molar-refractivity contribution in [2.24, 2.45) is 0 Å². The van der Waals surface area contributed by atoms with Gasteiger partial charge in [0.2, 0.25) is 0 Å². The van der Waals surface area contributed by atoms with Gasteiger partial charge in [-0.15, -0.1) is 0 Å². The van der Waals surface area contributed by atoms with E-state index in [1.807, 2.05) is 36.5 Å². The maximum atomic E-state index is 12.5. The Bertz CT molecular complexity index is 983. The number of aryl methyl sites for hydroxylation is 1. The standard InChI is InChI=1S/C24H29N5O2/c1-19-5-2-7-21(15-19)23(28-11-13-31-14-12-28)18-26-24(30)25-17-20-6-3-8-22(16-20)29-10-4-9-27-29/h2-10,15-16,23H,11-14,17-18H2,1H3,(H2,25,26,30). The monoisotopic (exact) mass is 419 g/mol. The Hall–Kier alpha value is -3.16. The topological polar surface area (TPSA) is 71.4 Å². The molecule has 1 atom stereocenters. The highest BCUT2D eigenvalue weighted by atomic mass is 16.5. The maximum Gasteiger partial charge on any atom is 0.315 e. The molecule has 0 saturated carbocycles. The largest absolute Gasteiger partial charge is 0.379 e. The summed E-state index contributed by atoms with van der Waals surface area (Å²) in [4.78, 5) is 14.9. The minimum absolute atomic E-state index is 0.123. The molecule has 2 amide bonds. The molecule has 2 heterocycles. The second-order valence-electron chi connectivity index (χ2n) is 7.76. The zero-order chi connectivity index (χ0) is 21.5. The van der Waals surface area contributed by atoms with Gasteiger partial charge in [0, 0.05) is 38.6 Å². The van der Waals surface area contributed by atoms with E-state index in [4.69, 9.17) is 4.74 Å². The van der Waals surface area contributed by atoms with Crippen molar-refractivity contribution in [2.45, 2.75) is 19.5 Å². The molecule has 31 heavy (non-hydrogen) atoms. The fourth-order valence-corrected chi connectivity index (χ4v) is 3.89. The van der Waals surface area contributed by atoms with Crippen LogP contribution >= 0.6 is 0 Å². The van der Waals surface area contributed by atoms with Crippen molar-refractivity contribution in [3.05, 3.63) is 83.7 Å². The van der Waals surface area contributed by atoms with Crippen LogP contribution in [0.3, 0.4) is 0 Å². The Balaban J connectivity index is 1.35. The van der Waals surface area contributed by atoms with Crippen molar-refractivity contribution in [1.82, 2.24) is 25.3 Å². The molecule has 1 aromatic heterocycles. The third kappa shape index (κ3) is 5.71. The lowest BCUT2D eigenvalue weighted by molar-refractivity contribution is 0.0167. The second kappa shape index (κ2) is 10.2. The molecule has 7 heteroatoms. The molecule has 0 bridgehead atoms. The number of rotatable bonds is 7. The number of carbonyl (C=O) groups excluding carboxylic acids is 1. The highest BCUT2D eigenvalue weighted by Crippen LogP contribution is 2.22. The van der Waals surface area contributed by atoms with Crippen molar-refractivity contribution in [3.8, 4) is 5.69 Å². The number of ether oxygens (including phenoxy) is 1. The van der Waals surface area contributed by atoms with Crippen LogP contribution in [0, 0.1) is 6.92 Å². The van der Waals surface area contributed by atoms with Crippen molar-refractivity contribution < 1.29 is 9.53 Å². The first-order valence-electron chi connectivity index (χ1n) is 10.7. The van der Waals surface area contributed by atoms with E-state index in [0.29, 0.717) is 13.1 Å². The lowest BCUT2D eigenvalue weighted by Gasteiger charge is -2.35. The molecule has 2 aromatic carbocycles. The molecule has 7 nitrogen and oxygen atoms in total. The molecule has 3 aromatic rings. The van der Waals surface area contributed by atoms with Crippen LogP contribution in [-0.4, -0.2) is 53.6 Å². The van der Waals surface area contributed by atoms with Crippen molar-refractivity contribution in [1.29, 1.82) is 0 Å². The minimum Gasteiger partial charge on any atom is -0.379 e. The van der Waals surface area contributed by atoms with Gasteiger partial charge in [0.25, 0.3) is 0 Å². The van der Waals surface area contributed by atoms with E-state index < -0.39 is 0 Å². The number of aromatic nitrogens is 2. The van der Waals surface area contributed by atoms with Crippen LogP contribution in [0.25, 0.3) is 5.69 Å². The van der Waals surface area contributed by atoms with E-state index in [9.17, 15) is 4.79 Å². The van der Waals surface area contributed by atoms with Gasteiger partial charge in [-0.05, 0) is 36.2 Å². The van der Waals surface area contributed by atoms with Gasteiger partial charge in [-0.1, -0.05) is 42.0 Å². The van der Waals surface area contributed by atoms with E-state index >= 15 is 0 Å². The van der Waals surface area contributed by atoms with Crippen LogP contribution in [0.4, 0.5) is 4.79 Å². The van der Waals surface area contributed by atoms with Gasteiger partial charge in [0.15, 0.2) is 0 Å². The summed E-state index contributed by atoms with van der Waals surface area (Å²) in [6.45, 7) is 6.26. The Morgan fingerprint density at radius 2 is 1.94 bits per heavy atom. The second-order valence-corrected chi connectivity index (χ2v) is 7.76. The highest BCUT2D eigenvalue weighted by molar-refractivity contribution is 5.73. The summed E-state index contributed by atoms with van der Waals surface area (Å²) < 4.78 is 7.32. The Kier molecular flexibility index (Phi) is 6.96. The van der Waals surface area contributed by atoms with Gasteiger partial charge in [0.1, 0.15) is 0 Å². The molecule has 2 N–H and O–H groups in total. The van der Waals surface area contributed by atoms with Gasteiger partial charge in [-0.25, -0.2) is 9.48 Å². The molecular formula is C24H29N5O2. The molecule has 0 spiro atoms. The quantitative estimate of drug-likeness (QED) is 0.618. The molecule has 0 aliphatic carbocycles. The van der Waals surface area contributed by atoms with Gasteiger partial charge in [-0.3, -0.25) is 4.90 Å². The highest BCUT2D eigenvalue weighted by Gasteiger charge is 2.23. The SMILES string of the molecule is Cc1cccc(C(CNC(=O)NCc2cccc(-n3cccn3)c2)N2CCOCC2)c1. The van der Waals surface area contributed by atoms with Gasteiger partial charge in [-0.2, -0.15) is 5.10 Å². The van der Waals surface area contributed by atoms with Gasteiger partial charge < -0.3 is 15.4 Å². The lowest BCUT2D eigenvalue weighted by atomic mass is 10.0. The number of hydrogen-bond acceptors (Lipinski definition) is 4. The zero-order valence-electron chi connectivity index (χ0n) is 17.8. The van der Waals surface area contributed by atoms with Crippen LogP contribution in [0.15, 0.2) is 67.0 Å². The molecule has 0 radical (unpaired) electrons. The van der Waals surface area contributed by atoms with Gasteiger partial charge in [0.05, 0.1) is 24.9 Å². The van der Waals surface area contributed by atoms with Crippen molar-refractivity contribution >= 4 is 6.03 Å². The third-order valence-corrected chi connectivity index (χ3v) is 5.50. The lowest BCUT2D eigenvalue weighted by Crippen LogP contribution is -2.45. The third-order valence-electron chi connectivity index (χ3n) is 5.50. The summed E-state index contributed by atoms with van der Waals surface area (Å²) in [5.74, 6) is 0. The van der Waals surface area contributed by atoms with E-state index in [0.717, 1.165) is 37.6 Å². The number of morpholine rings is 1. The molecule has 1 saturated heterocycles. The molecule has 1 aliphatic heterocycles. The normalized spacial score (nSPS) is 15.4. The van der Waals surface area contributed by atoms with Crippen molar-refractivity contribution in [3.63, 3.8) is 0 Å². The Morgan fingerprint density at radius 1 is 1.10 bits per heavy atom. The van der Waals surface area contributed by atoms with Crippen LogP contribution < -0.4 is 10.6 Å². The molecule has 1 aliphatic rings.